The Morgan fingerprint density at radius 3 is 3.00 bits per heavy atom. The number of aliphatic hydroxyl groups is 1. The van der Waals surface area contributed by atoms with Gasteiger partial charge in [-0.25, -0.2) is 9.78 Å². The van der Waals surface area contributed by atoms with E-state index in [0.29, 0.717) is 4.57 Å². The van der Waals surface area contributed by atoms with Crippen LogP contribution < -0.4 is 11.2 Å². The lowest BCUT2D eigenvalue weighted by atomic mass is 10.2. The lowest BCUT2D eigenvalue weighted by Gasteiger charge is -2.09. The SMILES string of the molecule is [2H]c1nc2c(c(=O)n(C([2H])([2H])C([2H])([2H])C([2H])([2H])C([2H])([2H])C([2H])(O)C([2H])([2H])[2H])c(=O)n2C)n1C. The number of imidazole rings is 1. The molecule has 110 valence electrons. The van der Waals surface area contributed by atoms with Crippen LogP contribution in [0.5, 0.6) is 0 Å². The van der Waals surface area contributed by atoms with Crippen LogP contribution in [0.15, 0.2) is 15.9 Å². The minimum absolute atomic E-state index is 0.345. The Morgan fingerprint density at radius 1 is 1.55 bits per heavy atom. The molecular weight excluding hydrogens is 260 g/mol. The number of hydrogen-bond donors (Lipinski definition) is 1. The molecule has 20 heavy (non-hydrogen) atoms. The van der Waals surface area contributed by atoms with Crippen LogP contribution in [0, 0.1) is 0 Å². The Labute approximate surface area is 134 Å². The molecule has 0 bridgehead atoms. The van der Waals surface area contributed by atoms with Gasteiger partial charge in [-0.2, -0.15) is 0 Å². The summed E-state index contributed by atoms with van der Waals surface area (Å²) in [6, 6.07) is 0. The molecule has 2 rings (SSSR count). The van der Waals surface area contributed by atoms with Gasteiger partial charge in [0.1, 0.15) is 1.37 Å². The first kappa shape index (κ1) is 5.14. The molecule has 2 heterocycles. The van der Waals surface area contributed by atoms with E-state index < -0.39 is 61.6 Å². The Balaban J connectivity index is 2.92. The third-order valence-electron chi connectivity index (χ3n) is 2.47. The summed E-state index contributed by atoms with van der Waals surface area (Å²) in [5.74, 6) is 0. The zero-order valence-electron chi connectivity index (χ0n) is 23.6. The molecule has 0 saturated heterocycles. The van der Waals surface area contributed by atoms with Crippen molar-refractivity contribution in [2.75, 3.05) is 0 Å². The average Bonchev–Trinajstić information content (AvgIpc) is 2.93. The molecule has 0 aliphatic carbocycles. The topological polar surface area (TPSA) is 82.1 Å². The predicted molar refractivity (Wildman–Crippen MR) is 75.7 cm³/mol. The lowest BCUT2D eigenvalue weighted by molar-refractivity contribution is 0.180. The van der Waals surface area contributed by atoms with Crippen LogP contribution in [-0.2, 0) is 20.6 Å². The molecule has 0 saturated carbocycles. The highest BCUT2D eigenvalue weighted by atomic mass is 16.3. The van der Waals surface area contributed by atoms with E-state index in [9.17, 15) is 14.7 Å². The second-order valence-corrected chi connectivity index (χ2v) is 3.76. The van der Waals surface area contributed by atoms with Gasteiger partial charge in [0.15, 0.2) is 11.2 Å². The van der Waals surface area contributed by atoms with E-state index in [2.05, 4.69) is 4.98 Å². The summed E-state index contributed by atoms with van der Waals surface area (Å²) in [5, 5.41) is 9.98. The van der Waals surface area contributed by atoms with Gasteiger partial charge < -0.3 is 9.67 Å². The first-order valence-electron chi connectivity index (χ1n) is 11.8. The van der Waals surface area contributed by atoms with Crippen molar-refractivity contribution < 1.29 is 22.9 Å². The van der Waals surface area contributed by atoms with Crippen molar-refractivity contribution in [1.82, 2.24) is 18.7 Å². The Morgan fingerprint density at radius 2 is 2.30 bits per heavy atom. The summed E-state index contributed by atoms with van der Waals surface area (Å²) in [6.45, 7) is -7.89. The molecule has 0 aliphatic rings. The van der Waals surface area contributed by atoms with Crippen molar-refractivity contribution in [3.05, 3.63) is 27.1 Å². The van der Waals surface area contributed by atoms with E-state index in [4.69, 9.17) is 17.8 Å². The van der Waals surface area contributed by atoms with Gasteiger partial charge >= 0.3 is 5.69 Å². The Kier molecular flexibility index (Phi) is 1.44. The fraction of sp³-hybridized carbons (Fsp3) is 0.615. The number of aryl methyl sites for hydroxylation is 2. The van der Waals surface area contributed by atoms with Gasteiger partial charge in [0.05, 0.1) is 16.5 Å². The van der Waals surface area contributed by atoms with Crippen molar-refractivity contribution in [2.24, 2.45) is 14.1 Å². The van der Waals surface area contributed by atoms with Gasteiger partial charge in [0, 0.05) is 32.9 Å². The van der Waals surface area contributed by atoms with Crippen molar-refractivity contribution in [2.45, 2.75) is 38.5 Å². The first-order chi connectivity index (χ1) is 14.4. The number of rotatable bonds is 5. The van der Waals surface area contributed by atoms with Crippen LogP contribution in [0.4, 0.5) is 0 Å². The summed E-state index contributed by atoms with van der Waals surface area (Å²) in [7, 11) is 2.19. The number of fused-ring (bicyclic) bond motifs is 1. The maximum atomic E-state index is 13.0. The lowest BCUT2D eigenvalue weighted by Crippen LogP contribution is -2.39. The molecule has 7 nitrogen and oxygen atoms in total. The van der Waals surface area contributed by atoms with Gasteiger partial charge in [-0.05, 0) is 26.0 Å². The second kappa shape index (κ2) is 5.62. The summed E-state index contributed by atoms with van der Waals surface area (Å²) in [4.78, 5) is 29.4. The number of aromatic nitrogens is 4. The van der Waals surface area contributed by atoms with Gasteiger partial charge in [0.2, 0.25) is 0 Å². The molecular formula is C13H20N4O3. The molecule has 1 atom stereocenters. The molecule has 0 aromatic carbocycles. The monoisotopic (exact) mass is 293 g/mol. The molecule has 1 N–H and O–H groups in total. The van der Waals surface area contributed by atoms with Crippen molar-refractivity contribution >= 4 is 11.2 Å². The van der Waals surface area contributed by atoms with E-state index in [0.717, 1.165) is 11.6 Å². The van der Waals surface area contributed by atoms with Crippen LogP contribution in [-0.4, -0.2) is 29.9 Å². The number of hydrogen-bond acceptors (Lipinski definition) is 4. The highest BCUT2D eigenvalue weighted by molar-refractivity contribution is 5.69. The Hall–Kier alpha value is -1.89. The van der Waals surface area contributed by atoms with Crippen LogP contribution in [0.25, 0.3) is 11.2 Å². The summed E-state index contributed by atoms with van der Waals surface area (Å²) >= 11 is 0. The smallest absolute Gasteiger partial charge is 0.332 e. The molecule has 2 aromatic rings. The number of nitrogens with zero attached hydrogens (tertiary/aromatic N) is 4. The van der Waals surface area contributed by atoms with Crippen LogP contribution in [0.1, 0.15) is 43.8 Å². The predicted octanol–water partition coefficient (Wildman–Crippen LogP) is -0.0152. The van der Waals surface area contributed by atoms with E-state index in [1.165, 1.54) is 7.05 Å². The summed E-state index contributed by atoms with van der Waals surface area (Å²) in [5.41, 5.74) is -3.94. The molecule has 7 heteroatoms. The fourth-order valence-electron chi connectivity index (χ4n) is 1.55. The summed E-state index contributed by atoms with van der Waals surface area (Å²) < 4.78 is 102. The van der Waals surface area contributed by atoms with Crippen LogP contribution in [0.2, 0.25) is 0 Å². The highest BCUT2D eigenvalue weighted by Gasteiger charge is 2.14. The molecule has 0 spiro atoms. The van der Waals surface area contributed by atoms with E-state index in [-0.39, 0.29) is 10.2 Å². The molecule has 0 fully saturated rings. The van der Waals surface area contributed by atoms with Crippen molar-refractivity contribution in [3.63, 3.8) is 0 Å². The van der Waals surface area contributed by atoms with E-state index >= 15 is 0 Å². The first-order valence-corrected chi connectivity index (χ1v) is 5.29. The molecule has 0 radical (unpaired) electrons. The highest BCUT2D eigenvalue weighted by Crippen LogP contribution is 2.04. The minimum Gasteiger partial charge on any atom is -0.393 e. The molecule has 2 aromatic heterocycles. The second-order valence-electron chi connectivity index (χ2n) is 3.76. The minimum atomic E-state index is -4.30. The van der Waals surface area contributed by atoms with Crippen molar-refractivity contribution in [3.8, 4) is 0 Å². The molecule has 1 unspecified atom stereocenters. The largest absolute Gasteiger partial charge is 0.393 e. The van der Waals surface area contributed by atoms with Gasteiger partial charge in [-0.15, -0.1) is 0 Å². The third-order valence-corrected chi connectivity index (χ3v) is 2.47. The third kappa shape index (κ3) is 2.53. The maximum Gasteiger partial charge on any atom is 0.332 e. The maximum absolute atomic E-state index is 13.0. The van der Waals surface area contributed by atoms with Crippen molar-refractivity contribution in [1.29, 1.82) is 0 Å². The normalized spacial score (nSPS) is 27.6. The van der Waals surface area contributed by atoms with Crippen LogP contribution >= 0.6 is 0 Å². The Bertz CT molecular complexity index is 1220. The van der Waals surface area contributed by atoms with Gasteiger partial charge in [-0.3, -0.25) is 13.9 Å². The van der Waals surface area contributed by atoms with Gasteiger partial charge in [-0.1, -0.05) is 0 Å². The molecule has 0 amide bonds. The zero-order valence-corrected chi connectivity index (χ0v) is 10.6. The van der Waals surface area contributed by atoms with Crippen LogP contribution in [0.3, 0.4) is 0 Å². The quantitative estimate of drug-likeness (QED) is 0.840. The average molecular weight is 293 g/mol. The standard InChI is InChI=1S/C13H20N4O3/c1-9(18)6-4-5-7-17-12(19)10-11(14-8-15(10)2)16(3)13(17)20/h8-9,18H,4-7H2,1-3H3/i1D3,4D2,5D2,6D2,7D2,8D,9D. The molecule has 0 aliphatic heterocycles. The van der Waals surface area contributed by atoms with E-state index in [1.54, 1.807) is 0 Å². The summed E-state index contributed by atoms with van der Waals surface area (Å²) in [6.07, 6.45) is -17.6. The fourth-order valence-corrected chi connectivity index (χ4v) is 1.55. The van der Waals surface area contributed by atoms with Gasteiger partial charge in [0.25, 0.3) is 5.56 Å². The van der Waals surface area contributed by atoms with E-state index in [1.807, 2.05) is 0 Å². The zero-order chi connectivity index (χ0) is 26.3.